The molecule has 3 N–H and O–H groups in total. The summed E-state index contributed by atoms with van der Waals surface area (Å²) in [5, 5.41) is 7.91. The highest BCUT2D eigenvalue weighted by molar-refractivity contribution is 5.96. The standard InChI is InChI=1S/C11H22N4O2/c1-8(10(16)14-11(17)13-3)15-6-4-5-9(7-15)12-2/h8-9,12H,4-7H2,1-3H3,(H2,13,14,16,17). The summed E-state index contributed by atoms with van der Waals surface area (Å²) in [4.78, 5) is 24.9. The van der Waals surface area contributed by atoms with Gasteiger partial charge in [0.25, 0.3) is 0 Å². The van der Waals surface area contributed by atoms with Gasteiger partial charge in [0.2, 0.25) is 5.91 Å². The van der Waals surface area contributed by atoms with Gasteiger partial charge in [-0.15, -0.1) is 0 Å². The predicted octanol–water partition coefficient (Wildman–Crippen LogP) is -0.486. The first-order valence-corrected chi connectivity index (χ1v) is 6.02. The first-order chi connectivity index (χ1) is 8.08. The molecule has 2 atom stereocenters. The molecule has 0 bridgehead atoms. The van der Waals surface area contributed by atoms with E-state index in [9.17, 15) is 9.59 Å². The molecule has 1 saturated heterocycles. The van der Waals surface area contributed by atoms with E-state index < -0.39 is 6.03 Å². The molecule has 0 radical (unpaired) electrons. The topological polar surface area (TPSA) is 73.5 Å². The van der Waals surface area contributed by atoms with Crippen LogP contribution in [0.3, 0.4) is 0 Å². The van der Waals surface area contributed by atoms with Gasteiger partial charge in [-0.2, -0.15) is 0 Å². The number of carbonyl (C=O) groups is 2. The van der Waals surface area contributed by atoms with E-state index in [1.165, 1.54) is 7.05 Å². The molecule has 3 amide bonds. The van der Waals surface area contributed by atoms with Gasteiger partial charge in [0.1, 0.15) is 0 Å². The van der Waals surface area contributed by atoms with Crippen molar-refractivity contribution in [2.45, 2.75) is 31.8 Å². The molecule has 98 valence electrons. The molecule has 0 aromatic heterocycles. The Labute approximate surface area is 102 Å². The SMILES string of the molecule is CNC(=O)NC(=O)C(C)N1CCCC(NC)C1. The van der Waals surface area contributed by atoms with E-state index in [0.717, 1.165) is 25.9 Å². The fraction of sp³-hybridized carbons (Fsp3) is 0.818. The molecule has 6 nitrogen and oxygen atoms in total. The summed E-state index contributed by atoms with van der Waals surface area (Å²) >= 11 is 0. The van der Waals surface area contributed by atoms with Crippen LogP contribution in [0.25, 0.3) is 0 Å². The van der Waals surface area contributed by atoms with E-state index in [-0.39, 0.29) is 11.9 Å². The smallest absolute Gasteiger partial charge is 0.321 e. The van der Waals surface area contributed by atoms with Crippen LogP contribution in [0.4, 0.5) is 4.79 Å². The molecule has 1 heterocycles. The van der Waals surface area contributed by atoms with Crippen LogP contribution in [0.2, 0.25) is 0 Å². The molecule has 0 aliphatic carbocycles. The third kappa shape index (κ3) is 3.98. The molecule has 1 fully saturated rings. The maximum absolute atomic E-state index is 11.8. The minimum atomic E-state index is -0.455. The average molecular weight is 242 g/mol. The second kappa shape index (κ2) is 6.56. The molecule has 0 saturated carbocycles. The Kier molecular flexibility index (Phi) is 5.37. The lowest BCUT2D eigenvalue weighted by molar-refractivity contribution is -0.125. The number of urea groups is 1. The quantitative estimate of drug-likeness (QED) is 0.624. The van der Waals surface area contributed by atoms with Gasteiger partial charge in [-0.1, -0.05) is 0 Å². The van der Waals surface area contributed by atoms with Crippen molar-refractivity contribution in [1.29, 1.82) is 0 Å². The largest absolute Gasteiger partial charge is 0.341 e. The molecular formula is C11H22N4O2. The first kappa shape index (κ1) is 13.9. The Balaban J connectivity index is 2.47. The zero-order chi connectivity index (χ0) is 12.8. The zero-order valence-corrected chi connectivity index (χ0v) is 10.7. The molecule has 0 spiro atoms. The fourth-order valence-electron chi connectivity index (χ4n) is 2.04. The van der Waals surface area contributed by atoms with Crippen molar-refractivity contribution in [1.82, 2.24) is 20.9 Å². The average Bonchev–Trinajstić information content (AvgIpc) is 2.37. The summed E-state index contributed by atoms with van der Waals surface area (Å²) in [6, 6.07) is -0.300. The number of amides is 3. The molecule has 2 unspecified atom stereocenters. The number of hydrogen-bond acceptors (Lipinski definition) is 4. The van der Waals surface area contributed by atoms with Crippen LogP contribution < -0.4 is 16.0 Å². The normalized spacial score (nSPS) is 22.9. The van der Waals surface area contributed by atoms with Gasteiger partial charge in [-0.3, -0.25) is 15.0 Å². The number of nitrogens with one attached hydrogen (secondary N) is 3. The molecule has 17 heavy (non-hydrogen) atoms. The lowest BCUT2D eigenvalue weighted by Crippen LogP contribution is -2.54. The molecule has 1 rings (SSSR count). The Morgan fingerprint density at radius 3 is 2.65 bits per heavy atom. The first-order valence-electron chi connectivity index (χ1n) is 6.02. The lowest BCUT2D eigenvalue weighted by Gasteiger charge is -2.35. The van der Waals surface area contributed by atoms with Gasteiger partial charge in [-0.05, 0) is 33.4 Å². The molecule has 1 aliphatic rings. The number of likely N-dealkylation sites (tertiary alicyclic amines) is 1. The minimum absolute atomic E-state index is 0.249. The van der Waals surface area contributed by atoms with Crippen molar-refractivity contribution >= 4 is 11.9 Å². The van der Waals surface area contributed by atoms with Gasteiger partial charge in [0.05, 0.1) is 6.04 Å². The van der Waals surface area contributed by atoms with Gasteiger partial charge in [-0.25, -0.2) is 4.79 Å². The monoisotopic (exact) mass is 242 g/mol. The van der Waals surface area contributed by atoms with E-state index >= 15 is 0 Å². The van der Waals surface area contributed by atoms with Gasteiger partial charge in [0, 0.05) is 19.6 Å². The number of piperidine rings is 1. The number of nitrogens with zero attached hydrogens (tertiary/aromatic N) is 1. The maximum atomic E-state index is 11.8. The predicted molar refractivity (Wildman–Crippen MR) is 65.7 cm³/mol. The molecule has 0 aromatic carbocycles. The van der Waals surface area contributed by atoms with Gasteiger partial charge in [0.15, 0.2) is 0 Å². The maximum Gasteiger partial charge on any atom is 0.321 e. The molecule has 0 aromatic rings. The van der Waals surface area contributed by atoms with Crippen LogP contribution in [0.5, 0.6) is 0 Å². The highest BCUT2D eigenvalue weighted by Crippen LogP contribution is 2.12. The summed E-state index contributed by atoms with van der Waals surface area (Å²) in [6.07, 6.45) is 2.21. The zero-order valence-electron chi connectivity index (χ0n) is 10.7. The number of carbonyl (C=O) groups excluding carboxylic acids is 2. The third-order valence-electron chi connectivity index (χ3n) is 3.25. The van der Waals surface area contributed by atoms with Gasteiger partial charge < -0.3 is 10.6 Å². The fourth-order valence-corrected chi connectivity index (χ4v) is 2.04. The third-order valence-corrected chi connectivity index (χ3v) is 3.25. The number of imide groups is 1. The lowest BCUT2D eigenvalue weighted by atomic mass is 10.0. The highest BCUT2D eigenvalue weighted by Gasteiger charge is 2.27. The van der Waals surface area contributed by atoms with Crippen molar-refractivity contribution < 1.29 is 9.59 Å². The molecule has 1 aliphatic heterocycles. The van der Waals surface area contributed by atoms with Crippen LogP contribution in [-0.4, -0.2) is 56.1 Å². The van der Waals surface area contributed by atoms with E-state index in [4.69, 9.17) is 0 Å². The van der Waals surface area contributed by atoms with Crippen molar-refractivity contribution in [3.8, 4) is 0 Å². The summed E-state index contributed by atoms with van der Waals surface area (Å²) in [5.41, 5.74) is 0. The Morgan fingerprint density at radius 2 is 2.06 bits per heavy atom. The van der Waals surface area contributed by atoms with Crippen LogP contribution in [-0.2, 0) is 4.79 Å². The summed E-state index contributed by atoms with van der Waals surface area (Å²) in [7, 11) is 3.43. The summed E-state index contributed by atoms with van der Waals surface area (Å²) in [5.74, 6) is -0.249. The van der Waals surface area contributed by atoms with Crippen molar-refractivity contribution in [3.63, 3.8) is 0 Å². The minimum Gasteiger partial charge on any atom is -0.341 e. The number of hydrogen-bond donors (Lipinski definition) is 3. The van der Waals surface area contributed by atoms with Crippen molar-refractivity contribution in [3.05, 3.63) is 0 Å². The summed E-state index contributed by atoms with van der Waals surface area (Å²) < 4.78 is 0. The van der Waals surface area contributed by atoms with Crippen molar-refractivity contribution in [2.75, 3.05) is 27.2 Å². The van der Waals surface area contributed by atoms with E-state index in [2.05, 4.69) is 20.9 Å². The Bertz CT molecular complexity index is 283. The Morgan fingerprint density at radius 1 is 1.35 bits per heavy atom. The second-order valence-electron chi connectivity index (χ2n) is 4.37. The number of rotatable bonds is 3. The van der Waals surface area contributed by atoms with E-state index in [0.29, 0.717) is 6.04 Å². The van der Waals surface area contributed by atoms with Crippen LogP contribution in [0, 0.1) is 0 Å². The second-order valence-corrected chi connectivity index (χ2v) is 4.37. The van der Waals surface area contributed by atoms with Crippen LogP contribution >= 0.6 is 0 Å². The van der Waals surface area contributed by atoms with E-state index in [1.807, 2.05) is 14.0 Å². The van der Waals surface area contributed by atoms with E-state index in [1.54, 1.807) is 0 Å². The van der Waals surface area contributed by atoms with Crippen LogP contribution in [0.1, 0.15) is 19.8 Å². The Hall–Kier alpha value is -1.14. The molecule has 6 heteroatoms. The summed E-state index contributed by atoms with van der Waals surface area (Å²) in [6.45, 7) is 3.58. The van der Waals surface area contributed by atoms with Crippen LogP contribution in [0.15, 0.2) is 0 Å². The number of likely N-dealkylation sites (N-methyl/N-ethyl adjacent to an activating group) is 1. The highest BCUT2D eigenvalue weighted by atomic mass is 16.2. The van der Waals surface area contributed by atoms with Crippen molar-refractivity contribution in [2.24, 2.45) is 0 Å². The van der Waals surface area contributed by atoms with Gasteiger partial charge >= 0.3 is 6.03 Å². The molecular weight excluding hydrogens is 220 g/mol.